The number of fused-ring (bicyclic) bond motifs is 1. The molecule has 0 atom stereocenters. The van der Waals surface area contributed by atoms with Gasteiger partial charge < -0.3 is 14.8 Å². The van der Waals surface area contributed by atoms with Gasteiger partial charge in [0.05, 0.1) is 24.8 Å². The number of hydrogen-bond donors (Lipinski definition) is 1. The molecule has 3 aromatic carbocycles. The summed E-state index contributed by atoms with van der Waals surface area (Å²) in [6, 6.07) is 14.9. The van der Waals surface area contributed by atoms with Gasteiger partial charge in [-0.05, 0) is 61.0 Å². The summed E-state index contributed by atoms with van der Waals surface area (Å²) in [6.07, 6.45) is 0. The van der Waals surface area contributed by atoms with E-state index in [-0.39, 0.29) is 17.0 Å². The Morgan fingerprint density at radius 2 is 1.69 bits per heavy atom. The zero-order chi connectivity index (χ0) is 22.8. The predicted molar refractivity (Wildman–Crippen MR) is 118 cm³/mol. The minimum Gasteiger partial charge on any atom is -0.497 e. The van der Waals surface area contributed by atoms with Gasteiger partial charge in [-0.3, -0.25) is 14.9 Å². The van der Waals surface area contributed by atoms with Crippen molar-refractivity contribution in [3.05, 3.63) is 75.8 Å². The van der Waals surface area contributed by atoms with Crippen molar-refractivity contribution in [2.24, 2.45) is 0 Å². The van der Waals surface area contributed by atoms with E-state index in [1.807, 2.05) is 37.3 Å². The van der Waals surface area contributed by atoms with Crippen molar-refractivity contribution in [2.45, 2.75) is 6.92 Å². The van der Waals surface area contributed by atoms with Crippen LogP contribution in [-0.4, -0.2) is 40.0 Å². The van der Waals surface area contributed by atoms with E-state index in [9.17, 15) is 14.9 Å². The molecule has 10 heteroatoms. The van der Waals surface area contributed by atoms with E-state index < -0.39 is 10.8 Å². The average molecular weight is 433 g/mol. The van der Waals surface area contributed by atoms with Crippen LogP contribution in [0.4, 0.5) is 11.4 Å². The Bertz CT molecular complexity index is 1330. The summed E-state index contributed by atoms with van der Waals surface area (Å²) < 4.78 is 10.1. The Balaban J connectivity index is 1.63. The topological polar surface area (TPSA) is 121 Å². The number of benzene rings is 3. The van der Waals surface area contributed by atoms with Crippen LogP contribution < -0.4 is 14.8 Å². The summed E-state index contributed by atoms with van der Waals surface area (Å²) in [7, 11) is 2.93. The van der Waals surface area contributed by atoms with Gasteiger partial charge in [0.2, 0.25) is 0 Å². The second-order valence-electron chi connectivity index (χ2n) is 6.94. The number of anilines is 1. The van der Waals surface area contributed by atoms with Gasteiger partial charge in [0, 0.05) is 17.3 Å². The third-order valence-corrected chi connectivity index (χ3v) is 4.92. The van der Waals surface area contributed by atoms with Crippen molar-refractivity contribution in [1.82, 2.24) is 15.0 Å². The minimum atomic E-state index is -0.593. The number of aryl methyl sites for hydroxylation is 1. The highest BCUT2D eigenvalue weighted by atomic mass is 16.6. The Kier molecular flexibility index (Phi) is 5.42. The maximum Gasteiger partial charge on any atom is 0.311 e. The molecule has 0 saturated heterocycles. The third kappa shape index (κ3) is 3.93. The van der Waals surface area contributed by atoms with E-state index in [4.69, 9.17) is 9.47 Å². The van der Waals surface area contributed by atoms with E-state index in [0.717, 1.165) is 17.0 Å². The first-order valence-corrected chi connectivity index (χ1v) is 9.55. The number of methoxy groups -OCH3 is 2. The number of amides is 1. The van der Waals surface area contributed by atoms with Gasteiger partial charge in [-0.2, -0.15) is 4.80 Å². The maximum atomic E-state index is 12.7. The predicted octanol–water partition coefficient (Wildman–Crippen LogP) is 3.91. The molecule has 4 aromatic rings. The molecular formula is C22H19N5O5. The number of rotatable bonds is 6. The number of nitrogens with zero attached hydrogens (tertiary/aromatic N) is 4. The zero-order valence-electron chi connectivity index (χ0n) is 17.5. The van der Waals surface area contributed by atoms with Crippen molar-refractivity contribution < 1.29 is 19.2 Å². The van der Waals surface area contributed by atoms with Gasteiger partial charge in [0.25, 0.3) is 5.91 Å². The number of nitro groups is 1. The van der Waals surface area contributed by atoms with Crippen LogP contribution in [0.25, 0.3) is 16.7 Å². The number of carbonyl (C=O) groups excluding carboxylic acids is 1. The molecule has 0 fully saturated rings. The Hall–Kier alpha value is -4.47. The number of nitro benzene ring substituents is 1. The molecule has 4 rings (SSSR count). The molecule has 1 N–H and O–H groups in total. The van der Waals surface area contributed by atoms with Crippen molar-refractivity contribution >= 4 is 28.3 Å². The summed E-state index contributed by atoms with van der Waals surface area (Å²) in [5.41, 5.74) is 3.17. The number of nitrogens with one attached hydrogen (secondary N) is 1. The molecule has 1 amide bonds. The summed E-state index contributed by atoms with van der Waals surface area (Å²) in [4.78, 5) is 24.9. The Morgan fingerprint density at radius 3 is 2.31 bits per heavy atom. The lowest BCUT2D eigenvalue weighted by Crippen LogP contribution is -2.13. The summed E-state index contributed by atoms with van der Waals surface area (Å²) in [5, 5.41) is 23.0. The highest BCUT2D eigenvalue weighted by Gasteiger charge is 2.19. The monoisotopic (exact) mass is 433 g/mol. The molecule has 0 aliphatic heterocycles. The molecule has 0 spiro atoms. The van der Waals surface area contributed by atoms with Gasteiger partial charge in [-0.15, -0.1) is 10.2 Å². The number of aromatic nitrogens is 3. The first-order chi connectivity index (χ1) is 15.4. The van der Waals surface area contributed by atoms with E-state index in [0.29, 0.717) is 16.7 Å². The molecule has 0 unspecified atom stereocenters. The van der Waals surface area contributed by atoms with Crippen molar-refractivity contribution in [3.63, 3.8) is 0 Å². The lowest BCUT2D eigenvalue weighted by atomic mass is 10.1. The smallest absolute Gasteiger partial charge is 0.311 e. The maximum absolute atomic E-state index is 12.7. The molecule has 10 nitrogen and oxygen atoms in total. The fourth-order valence-electron chi connectivity index (χ4n) is 3.20. The zero-order valence-corrected chi connectivity index (χ0v) is 17.5. The fraction of sp³-hybridized carbons (Fsp3) is 0.136. The summed E-state index contributed by atoms with van der Waals surface area (Å²) in [5.74, 6) is 0.324. The fourth-order valence-corrected chi connectivity index (χ4v) is 3.20. The van der Waals surface area contributed by atoms with Crippen LogP contribution in [0.15, 0.2) is 54.6 Å². The number of ether oxygens (including phenoxy) is 2. The SMILES string of the molecule is COc1ccc(-n2nc3cc(C)c(NC(=O)c4ccc(OC)c([N+](=O)[O-])c4)cc3n2)cc1. The van der Waals surface area contributed by atoms with Gasteiger partial charge in [0.1, 0.15) is 16.8 Å². The van der Waals surface area contributed by atoms with E-state index in [2.05, 4.69) is 15.5 Å². The largest absolute Gasteiger partial charge is 0.497 e. The van der Waals surface area contributed by atoms with E-state index in [1.165, 1.54) is 30.1 Å². The van der Waals surface area contributed by atoms with Crippen molar-refractivity contribution in [1.29, 1.82) is 0 Å². The molecular weight excluding hydrogens is 414 g/mol. The molecule has 0 saturated carbocycles. The standard InChI is InChI=1S/C22H19N5O5/c1-13-10-18-19(25-26(24-18)15-5-7-16(31-2)8-6-15)12-17(13)23-22(28)14-4-9-21(32-3)20(11-14)27(29)30/h4-12H,1-3H3,(H,23,28). The van der Waals surface area contributed by atoms with Crippen LogP contribution in [0.2, 0.25) is 0 Å². The number of hydrogen-bond acceptors (Lipinski definition) is 7. The summed E-state index contributed by atoms with van der Waals surface area (Å²) >= 11 is 0. The molecule has 162 valence electrons. The van der Waals surface area contributed by atoms with Gasteiger partial charge in [0.15, 0.2) is 5.75 Å². The first-order valence-electron chi connectivity index (χ1n) is 9.55. The highest BCUT2D eigenvalue weighted by molar-refractivity contribution is 6.06. The second kappa shape index (κ2) is 8.34. The minimum absolute atomic E-state index is 0.0827. The number of carbonyl (C=O) groups is 1. The molecule has 0 aliphatic carbocycles. The van der Waals surface area contributed by atoms with Crippen LogP contribution >= 0.6 is 0 Å². The van der Waals surface area contributed by atoms with Crippen LogP contribution in [0, 0.1) is 17.0 Å². The van der Waals surface area contributed by atoms with Crippen LogP contribution in [0.3, 0.4) is 0 Å². The summed E-state index contributed by atoms with van der Waals surface area (Å²) in [6.45, 7) is 1.83. The van der Waals surface area contributed by atoms with Crippen LogP contribution in [-0.2, 0) is 0 Å². The van der Waals surface area contributed by atoms with Crippen LogP contribution in [0.5, 0.6) is 11.5 Å². The average Bonchev–Trinajstić information content (AvgIpc) is 3.21. The molecule has 0 bridgehead atoms. The molecule has 32 heavy (non-hydrogen) atoms. The van der Waals surface area contributed by atoms with Gasteiger partial charge in [-0.25, -0.2) is 0 Å². The molecule has 1 heterocycles. The van der Waals surface area contributed by atoms with Crippen LogP contribution in [0.1, 0.15) is 15.9 Å². The van der Waals surface area contributed by atoms with E-state index >= 15 is 0 Å². The Morgan fingerprint density at radius 1 is 1.00 bits per heavy atom. The Labute approximate surface area is 182 Å². The van der Waals surface area contributed by atoms with Gasteiger partial charge in [-0.1, -0.05) is 0 Å². The van der Waals surface area contributed by atoms with E-state index in [1.54, 1.807) is 13.2 Å². The van der Waals surface area contributed by atoms with Gasteiger partial charge >= 0.3 is 5.69 Å². The second-order valence-corrected chi connectivity index (χ2v) is 6.94. The lowest BCUT2D eigenvalue weighted by molar-refractivity contribution is -0.385. The van der Waals surface area contributed by atoms with Crippen molar-refractivity contribution in [2.75, 3.05) is 19.5 Å². The third-order valence-electron chi connectivity index (χ3n) is 4.92. The lowest BCUT2D eigenvalue weighted by Gasteiger charge is -2.09. The van der Waals surface area contributed by atoms with Crippen molar-refractivity contribution in [3.8, 4) is 17.2 Å². The quantitative estimate of drug-likeness (QED) is 0.361. The molecule has 0 radical (unpaired) electrons. The highest BCUT2D eigenvalue weighted by Crippen LogP contribution is 2.28. The first kappa shape index (κ1) is 20.8. The normalized spacial score (nSPS) is 10.7. The molecule has 0 aliphatic rings. The molecule has 1 aromatic heterocycles.